The Morgan fingerprint density at radius 1 is 1.36 bits per heavy atom. The van der Waals surface area contributed by atoms with Crippen LogP contribution in [0.5, 0.6) is 0 Å². The van der Waals surface area contributed by atoms with E-state index in [0.717, 1.165) is 6.54 Å². The van der Waals surface area contributed by atoms with Crippen molar-refractivity contribution in [2.24, 2.45) is 0 Å². The predicted octanol–water partition coefficient (Wildman–Crippen LogP) is 2.49. The summed E-state index contributed by atoms with van der Waals surface area (Å²) in [7, 11) is 4.70. The van der Waals surface area contributed by atoms with Gasteiger partial charge in [0, 0.05) is 6.54 Å². The molecule has 0 aliphatic heterocycles. The average Bonchev–Trinajstić information content (AvgIpc) is 2.04. The van der Waals surface area contributed by atoms with Crippen LogP contribution in [-0.4, -0.2) is 32.7 Å². The van der Waals surface area contributed by atoms with Crippen molar-refractivity contribution >= 4 is 0 Å². The second-order valence-electron chi connectivity index (χ2n) is 2.69. The van der Waals surface area contributed by atoms with Gasteiger partial charge in [-0.2, -0.15) is 0 Å². The van der Waals surface area contributed by atoms with E-state index in [9.17, 15) is 4.39 Å². The molecule has 0 bridgehead atoms. The highest BCUT2D eigenvalue weighted by atomic mass is 19.1. The standard InChI is InChI=1S/C8H17N.CH3F/c1-5-8(2)6-7-9(3)4;1-2/h5H,6-7H2,1-4H3;1H3/b8-5+;. The van der Waals surface area contributed by atoms with E-state index >= 15 is 0 Å². The zero-order chi connectivity index (χ0) is 9.28. The normalized spacial score (nSPS) is 11.0. The van der Waals surface area contributed by atoms with Crippen LogP contribution in [0.1, 0.15) is 20.3 Å². The van der Waals surface area contributed by atoms with Crippen molar-refractivity contribution in [3.8, 4) is 0 Å². The van der Waals surface area contributed by atoms with Gasteiger partial charge in [-0.3, -0.25) is 4.39 Å². The lowest BCUT2D eigenvalue weighted by Gasteiger charge is -2.08. The van der Waals surface area contributed by atoms with Gasteiger partial charge in [0.1, 0.15) is 0 Å². The fraction of sp³-hybridized carbons (Fsp3) is 0.778. The van der Waals surface area contributed by atoms with Crippen molar-refractivity contribution in [3.05, 3.63) is 11.6 Å². The highest BCUT2D eigenvalue weighted by molar-refractivity contribution is 4.95. The molecule has 1 nitrogen and oxygen atoms in total. The minimum absolute atomic E-state index is 0.500. The molecule has 0 atom stereocenters. The van der Waals surface area contributed by atoms with E-state index in [1.807, 2.05) is 0 Å². The molecule has 0 aromatic carbocycles. The molecule has 0 N–H and O–H groups in total. The maximum Gasteiger partial charge on any atom is 0.0785 e. The fourth-order valence-corrected chi connectivity index (χ4v) is 0.544. The average molecular weight is 161 g/mol. The Labute approximate surface area is 69.9 Å². The summed E-state index contributed by atoms with van der Waals surface area (Å²) >= 11 is 0. The van der Waals surface area contributed by atoms with Gasteiger partial charge in [-0.15, -0.1) is 0 Å². The molecular formula is C9H20FN. The second kappa shape index (κ2) is 9.63. The van der Waals surface area contributed by atoms with Crippen molar-refractivity contribution in [1.82, 2.24) is 4.90 Å². The molecular weight excluding hydrogens is 141 g/mol. The molecule has 0 unspecified atom stereocenters. The molecule has 0 fully saturated rings. The summed E-state index contributed by atoms with van der Waals surface area (Å²) in [6, 6.07) is 0. The Morgan fingerprint density at radius 2 is 1.82 bits per heavy atom. The maximum absolute atomic E-state index is 9.50. The summed E-state index contributed by atoms with van der Waals surface area (Å²) in [5.74, 6) is 0. The molecule has 0 aliphatic carbocycles. The second-order valence-corrected chi connectivity index (χ2v) is 2.69. The zero-order valence-electron chi connectivity index (χ0n) is 8.32. The lowest BCUT2D eigenvalue weighted by Crippen LogP contribution is -2.12. The summed E-state index contributed by atoms with van der Waals surface area (Å²) in [6.45, 7) is 5.42. The Morgan fingerprint density at radius 3 is 2.09 bits per heavy atom. The van der Waals surface area contributed by atoms with Crippen LogP contribution in [0.25, 0.3) is 0 Å². The van der Waals surface area contributed by atoms with E-state index in [4.69, 9.17) is 0 Å². The smallest absolute Gasteiger partial charge is 0.0785 e. The quantitative estimate of drug-likeness (QED) is 0.575. The van der Waals surface area contributed by atoms with E-state index in [1.165, 1.54) is 12.0 Å². The number of hydrogen-bond acceptors (Lipinski definition) is 1. The minimum Gasteiger partial charge on any atom is -0.309 e. The molecule has 0 aromatic heterocycles. The Bertz CT molecular complexity index is 97.7. The summed E-state index contributed by atoms with van der Waals surface area (Å²) < 4.78 is 9.50. The largest absolute Gasteiger partial charge is 0.309 e. The monoisotopic (exact) mass is 161 g/mol. The number of rotatable bonds is 3. The Balaban J connectivity index is 0. The molecule has 0 aromatic rings. The third-order valence-electron chi connectivity index (χ3n) is 1.45. The molecule has 0 aliphatic rings. The first-order valence-electron chi connectivity index (χ1n) is 3.81. The molecule has 0 saturated heterocycles. The van der Waals surface area contributed by atoms with Gasteiger partial charge in [-0.05, 0) is 34.4 Å². The van der Waals surface area contributed by atoms with Crippen LogP contribution < -0.4 is 0 Å². The molecule has 0 spiro atoms. The van der Waals surface area contributed by atoms with E-state index < -0.39 is 0 Å². The number of hydrogen-bond donors (Lipinski definition) is 0. The number of alkyl halides is 1. The fourth-order valence-electron chi connectivity index (χ4n) is 0.544. The van der Waals surface area contributed by atoms with Crippen LogP contribution in [0.4, 0.5) is 4.39 Å². The number of nitrogens with zero attached hydrogens (tertiary/aromatic N) is 1. The van der Waals surface area contributed by atoms with Crippen molar-refractivity contribution in [2.45, 2.75) is 20.3 Å². The number of halogens is 1. The van der Waals surface area contributed by atoms with Gasteiger partial charge in [0.05, 0.1) is 7.18 Å². The minimum atomic E-state index is 0.500. The van der Waals surface area contributed by atoms with Crippen LogP contribution in [0.3, 0.4) is 0 Å². The van der Waals surface area contributed by atoms with E-state index in [2.05, 4.69) is 38.9 Å². The molecule has 0 heterocycles. The lowest BCUT2D eigenvalue weighted by molar-refractivity contribution is 0.413. The summed E-state index contributed by atoms with van der Waals surface area (Å²) in [5, 5.41) is 0. The highest BCUT2D eigenvalue weighted by Crippen LogP contribution is 1.98. The van der Waals surface area contributed by atoms with Crippen molar-refractivity contribution in [3.63, 3.8) is 0 Å². The topological polar surface area (TPSA) is 3.24 Å². The third kappa shape index (κ3) is 12.8. The zero-order valence-corrected chi connectivity index (χ0v) is 8.32. The SMILES string of the molecule is C/C=C(\C)CCN(C)C.CF. The molecule has 0 radical (unpaired) electrons. The van der Waals surface area contributed by atoms with E-state index in [1.54, 1.807) is 0 Å². The van der Waals surface area contributed by atoms with E-state index in [0.29, 0.717) is 7.18 Å². The van der Waals surface area contributed by atoms with Gasteiger partial charge in [-0.1, -0.05) is 11.6 Å². The van der Waals surface area contributed by atoms with Gasteiger partial charge in [0.25, 0.3) is 0 Å². The Kier molecular flexibility index (Phi) is 11.6. The first-order chi connectivity index (χ1) is 5.16. The Hall–Kier alpha value is -0.370. The predicted molar refractivity (Wildman–Crippen MR) is 49.6 cm³/mol. The van der Waals surface area contributed by atoms with Crippen molar-refractivity contribution in [2.75, 3.05) is 27.8 Å². The van der Waals surface area contributed by atoms with Gasteiger partial charge >= 0.3 is 0 Å². The van der Waals surface area contributed by atoms with Gasteiger partial charge < -0.3 is 4.90 Å². The van der Waals surface area contributed by atoms with Crippen LogP contribution in [-0.2, 0) is 0 Å². The van der Waals surface area contributed by atoms with Crippen LogP contribution >= 0.6 is 0 Å². The van der Waals surface area contributed by atoms with Gasteiger partial charge in [0.15, 0.2) is 0 Å². The molecule has 11 heavy (non-hydrogen) atoms. The molecule has 0 saturated carbocycles. The van der Waals surface area contributed by atoms with Crippen molar-refractivity contribution in [1.29, 1.82) is 0 Å². The summed E-state index contributed by atoms with van der Waals surface area (Å²) in [4.78, 5) is 2.20. The first-order valence-corrected chi connectivity index (χ1v) is 3.81. The van der Waals surface area contributed by atoms with Crippen LogP contribution in [0.15, 0.2) is 11.6 Å². The van der Waals surface area contributed by atoms with Crippen molar-refractivity contribution < 1.29 is 4.39 Å². The van der Waals surface area contributed by atoms with Crippen LogP contribution in [0.2, 0.25) is 0 Å². The molecule has 2 heteroatoms. The summed E-state index contributed by atoms with van der Waals surface area (Å²) in [5.41, 5.74) is 1.48. The van der Waals surface area contributed by atoms with E-state index in [-0.39, 0.29) is 0 Å². The molecule has 68 valence electrons. The van der Waals surface area contributed by atoms with Gasteiger partial charge in [0.2, 0.25) is 0 Å². The maximum atomic E-state index is 9.50. The summed E-state index contributed by atoms with van der Waals surface area (Å²) in [6.07, 6.45) is 3.37. The lowest BCUT2D eigenvalue weighted by atomic mass is 10.2. The highest BCUT2D eigenvalue weighted by Gasteiger charge is 1.89. The van der Waals surface area contributed by atoms with Crippen LogP contribution in [0, 0.1) is 0 Å². The molecule has 0 amide bonds. The molecule has 0 rings (SSSR count). The first kappa shape index (κ1) is 13.2. The van der Waals surface area contributed by atoms with Gasteiger partial charge in [-0.25, -0.2) is 0 Å². The third-order valence-corrected chi connectivity index (χ3v) is 1.45. The number of allylic oxidation sites excluding steroid dienone is 1.